The Balaban J connectivity index is 2.42. The van der Waals surface area contributed by atoms with E-state index in [2.05, 4.69) is 6.92 Å². The van der Waals surface area contributed by atoms with E-state index in [0.29, 0.717) is 43.5 Å². The normalized spacial score (nSPS) is 10.5. The fourth-order valence-corrected chi connectivity index (χ4v) is 2.36. The van der Waals surface area contributed by atoms with Crippen molar-refractivity contribution in [3.63, 3.8) is 0 Å². The zero-order valence-electron chi connectivity index (χ0n) is 15.8. The first-order chi connectivity index (χ1) is 12.2. The zero-order chi connectivity index (χ0) is 18.3. The molecule has 1 aromatic carbocycles. The molecule has 0 amide bonds. The minimum absolute atomic E-state index is 0.222. The summed E-state index contributed by atoms with van der Waals surface area (Å²) >= 11 is 0. The first kappa shape index (κ1) is 21.3. The van der Waals surface area contributed by atoms with E-state index < -0.39 is 0 Å². The Morgan fingerprint density at radius 2 is 1.76 bits per heavy atom. The summed E-state index contributed by atoms with van der Waals surface area (Å²) in [5.41, 5.74) is 0. The Morgan fingerprint density at radius 1 is 0.960 bits per heavy atom. The summed E-state index contributed by atoms with van der Waals surface area (Å²) in [4.78, 5) is 11.9. The Morgan fingerprint density at radius 3 is 2.48 bits per heavy atom. The monoisotopic (exact) mass is 352 g/mol. The molecule has 0 atom stereocenters. The van der Waals surface area contributed by atoms with Gasteiger partial charge in [-0.3, -0.25) is 4.79 Å². The van der Waals surface area contributed by atoms with Gasteiger partial charge in [0.25, 0.3) is 0 Å². The molecule has 0 bridgehead atoms. The van der Waals surface area contributed by atoms with Gasteiger partial charge in [0.1, 0.15) is 5.75 Å². The van der Waals surface area contributed by atoms with E-state index in [4.69, 9.17) is 18.9 Å². The molecule has 5 nitrogen and oxygen atoms in total. The number of benzene rings is 1. The predicted molar refractivity (Wildman–Crippen MR) is 98.6 cm³/mol. The van der Waals surface area contributed by atoms with Crippen molar-refractivity contribution < 1.29 is 23.7 Å². The van der Waals surface area contributed by atoms with Gasteiger partial charge in [-0.1, -0.05) is 32.6 Å². The van der Waals surface area contributed by atoms with Crippen LogP contribution in [0.1, 0.15) is 58.8 Å². The molecule has 5 heteroatoms. The Hall–Kier alpha value is -1.75. The van der Waals surface area contributed by atoms with Crippen molar-refractivity contribution in [2.24, 2.45) is 0 Å². The van der Waals surface area contributed by atoms with Crippen LogP contribution in [0.3, 0.4) is 0 Å². The second kappa shape index (κ2) is 13.5. The van der Waals surface area contributed by atoms with Crippen LogP contribution in [0.15, 0.2) is 18.2 Å². The summed E-state index contributed by atoms with van der Waals surface area (Å²) < 4.78 is 21.7. The number of carbonyl (C=O) groups is 1. The van der Waals surface area contributed by atoms with E-state index in [1.807, 2.05) is 6.92 Å². The minimum Gasteiger partial charge on any atom is -0.493 e. The van der Waals surface area contributed by atoms with Gasteiger partial charge in [0.05, 0.1) is 13.7 Å². The number of hydrogen-bond acceptors (Lipinski definition) is 5. The molecule has 0 radical (unpaired) electrons. The van der Waals surface area contributed by atoms with Crippen molar-refractivity contribution in [1.82, 2.24) is 0 Å². The molecule has 0 aliphatic rings. The van der Waals surface area contributed by atoms with E-state index in [-0.39, 0.29) is 5.97 Å². The molecular formula is C20H32O5. The number of unbranched alkanes of at least 4 members (excludes halogenated alkanes) is 4. The number of esters is 1. The van der Waals surface area contributed by atoms with Crippen molar-refractivity contribution in [2.45, 2.75) is 58.8 Å². The van der Waals surface area contributed by atoms with Gasteiger partial charge in [-0.05, 0) is 25.5 Å². The fourth-order valence-electron chi connectivity index (χ4n) is 2.36. The van der Waals surface area contributed by atoms with Crippen molar-refractivity contribution in [3.05, 3.63) is 18.2 Å². The van der Waals surface area contributed by atoms with Gasteiger partial charge in [-0.15, -0.1) is 0 Å². The van der Waals surface area contributed by atoms with E-state index in [9.17, 15) is 4.79 Å². The molecule has 0 aliphatic heterocycles. The van der Waals surface area contributed by atoms with Crippen LogP contribution < -0.4 is 14.2 Å². The van der Waals surface area contributed by atoms with E-state index >= 15 is 0 Å². The lowest BCUT2D eigenvalue weighted by Gasteiger charge is -2.12. The molecule has 142 valence electrons. The number of methoxy groups -OCH3 is 1. The van der Waals surface area contributed by atoms with Crippen LogP contribution in [-0.4, -0.2) is 32.9 Å². The Kier molecular flexibility index (Phi) is 11.5. The van der Waals surface area contributed by atoms with Gasteiger partial charge >= 0.3 is 5.97 Å². The van der Waals surface area contributed by atoms with Crippen LogP contribution in [0.25, 0.3) is 0 Å². The summed E-state index contributed by atoms with van der Waals surface area (Å²) in [6, 6.07) is 5.24. The summed E-state index contributed by atoms with van der Waals surface area (Å²) in [7, 11) is 1.55. The second-order valence-electron chi connectivity index (χ2n) is 5.85. The molecule has 1 aromatic rings. The standard InChI is InChI=1S/C20H32O5/c1-4-6-7-8-9-11-20(21)25-18-13-12-17(16-19(18)22-3)24-15-10-14-23-5-2/h12-13,16H,4-11,14-15H2,1-3H3. The zero-order valence-corrected chi connectivity index (χ0v) is 15.8. The summed E-state index contributed by atoms with van der Waals surface area (Å²) in [5.74, 6) is 1.40. The third-order valence-electron chi connectivity index (χ3n) is 3.75. The van der Waals surface area contributed by atoms with Gasteiger partial charge in [0.15, 0.2) is 11.5 Å². The summed E-state index contributed by atoms with van der Waals surface area (Å²) in [6.07, 6.45) is 6.77. The smallest absolute Gasteiger partial charge is 0.311 e. The highest BCUT2D eigenvalue weighted by molar-refractivity contribution is 5.73. The Labute approximate surface area is 151 Å². The molecular weight excluding hydrogens is 320 g/mol. The maximum absolute atomic E-state index is 11.9. The van der Waals surface area contributed by atoms with Crippen LogP contribution in [0.5, 0.6) is 17.2 Å². The fraction of sp³-hybridized carbons (Fsp3) is 0.650. The van der Waals surface area contributed by atoms with Gasteiger partial charge in [0, 0.05) is 32.1 Å². The maximum Gasteiger partial charge on any atom is 0.311 e. The molecule has 0 spiro atoms. The topological polar surface area (TPSA) is 54.0 Å². The highest BCUT2D eigenvalue weighted by Gasteiger charge is 2.11. The molecule has 0 saturated heterocycles. The minimum atomic E-state index is -0.222. The van der Waals surface area contributed by atoms with Gasteiger partial charge < -0.3 is 18.9 Å². The molecule has 0 unspecified atom stereocenters. The van der Waals surface area contributed by atoms with Crippen LogP contribution in [0, 0.1) is 0 Å². The number of hydrogen-bond donors (Lipinski definition) is 0. The highest BCUT2D eigenvalue weighted by atomic mass is 16.6. The average molecular weight is 352 g/mol. The quantitative estimate of drug-likeness (QED) is 0.274. The lowest BCUT2D eigenvalue weighted by molar-refractivity contribution is -0.134. The lowest BCUT2D eigenvalue weighted by atomic mass is 10.1. The molecule has 0 fully saturated rings. The summed E-state index contributed by atoms with van der Waals surface area (Å²) in [5, 5.41) is 0. The molecule has 0 heterocycles. The molecule has 0 N–H and O–H groups in total. The van der Waals surface area contributed by atoms with Gasteiger partial charge in [-0.2, -0.15) is 0 Å². The SMILES string of the molecule is CCCCCCCC(=O)Oc1ccc(OCCCOCC)cc1OC. The lowest BCUT2D eigenvalue weighted by Crippen LogP contribution is -2.08. The molecule has 1 rings (SSSR count). The van der Waals surface area contributed by atoms with Crippen LogP contribution in [0.4, 0.5) is 0 Å². The molecule has 0 aromatic heterocycles. The highest BCUT2D eigenvalue weighted by Crippen LogP contribution is 2.31. The number of rotatable bonds is 14. The predicted octanol–water partition coefficient (Wildman–Crippen LogP) is 4.77. The summed E-state index contributed by atoms with van der Waals surface area (Å²) in [6.45, 7) is 6.11. The third kappa shape index (κ3) is 9.34. The van der Waals surface area contributed by atoms with Gasteiger partial charge in [-0.25, -0.2) is 0 Å². The average Bonchev–Trinajstić information content (AvgIpc) is 2.62. The molecule has 0 aliphatic carbocycles. The molecule has 25 heavy (non-hydrogen) atoms. The first-order valence-corrected chi connectivity index (χ1v) is 9.30. The third-order valence-corrected chi connectivity index (χ3v) is 3.75. The first-order valence-electron chi connectivity index (χ1n) is 9.30. The van der Waals surface area contributed by atoms with E-state index in [1.54, 1.807) is 25.3 Å². The number of carbonyl (C=O) groups excluding carboxylic acids is 1. The maximum atomic E-state index is 11.9. The van der Waals surface area contributed by atoms with E-state index in [1.165, 1.54) is 19.3 Å². The second-order valence-corrected chi connectivity index (χ2v) is 5.85. The van der Waals surface area contributed by atoms with Crippen molar-refractivity contribution >= 4 is 5.97 Å². The van der Waals surface area contributed by atoms with Crippen molar-refractivity contribution in [2.75, 3.05) is 26.9 Å². The van der Waals surface area contributed by atoms with Crippen molar-refractivity contribution in [1.29, 1.82) is 0 Å². The number of ether oxygens (including phenoxy) is 4. The van der Waals surface area contributed by atoms with Gasteiger partial charge in [0.2, 0.25) is 0 Å². The van der Waals surface area contributed by atoms with Crippen LogP contribution in [-0.2, 0) is 9.53 Å². The molecule has 0 saturated carbocycles. The Bertz CT molecular complexity index is 487. The van der Waals surface area contributed by atoms with E-state index in [0.717, 1.165) is 19.3 Å². The van der Waals surface area contributed by atoms with Crippen LogP contribution >= 0.6 is 0 Å². The van der Waals surface area contributed by atoms with Crippen LogP contribution in [0.2, 0.25) is 0 Å². The van der Waals surface area contributed by atoms with Crippen molar-refractivity contribution in [3.8, 4) is 17.2 Å². The largest absolute Gasteiger partial charge is 0.493 e.